The van der Waals surface area contributed by atoms with Gasteiger partial charge in [-0.1, -0.05) is 6.92 Å². The third-order valence-corrected chi connectivity index (χ3v) is 6.65. The first-order valence-corrected chi connectivity index (χ1v) is 11.0. The number of methoxy groups -OCH3 is 1. The molecule has 8 nitrogen and oxygen atoms in total. The Morgan fingerprint density at radius 3 is 2.66 bits per heavy atom. The van der Waals surface area contributed by atoms with E-state index in [9.17, 15) is 13.2 Å². The third-order valence-electron chi connectivity index (χ3n) is 5.34. The van der Waals surface area contributed by atoms with Crippen LogP contribution in [-0.2, 0) is 22.5 Å². The molecule has 1 N–H and O–H groups in total. The zero-order valence-corrected chi connectivity index (χ0v) is 17.6. The summed E-state index contributed by atoms with van der Waals surface area (Å²) >= 11 is 0. The lowest BCUT2D eigenvalue weighted by atomic mass is 10.1. The van der Waals surface area contributed by atoms with Crippen molar-refractivity contribution < 1.29 is 17.6 Å². The van der Waals surface area contributed by atoms with E-state index >= 15 is 0 Å². The second kappa shape index (κ2) is 6.62. The van der Waals surface area contributed by atoms with Gasteiger partial charge in [0.25, 0.3) is 5.56 Å². The van der Waals surface area contributed by atoms with Crippen LogP contribution in [0.4, 0.5) is 5.69 Å². The summed E-state index contributed by atoms with van der Waals surface area (Å²) in [6.45, 7) is 3.66. The molecular weight excluding hydrogens is 394 g/mol. The highest BCUT2D eigenvalue weighted by atomic mass is 32.2. The molecule has 4 rings (SSSR count). The Balaban J connectivity index is 1.96. The number of oxazole rings is 1. The fraction of sp³-hybridized carbons (Fsp3) is 0.400. The van der Waals surface area contributed by atoms with E-state index in [-0.39, 0.29) is 22.5 Å². The molecule has 154 valence electrons. The van der Waals surface area contributed by atoms with Gasteiger partial charge in [0, 0.05) is 29.8 Å². The van der Waals surface area contributed by atoms with E-state index in [0.717, 1.165) is 12.8 Å². The normalized spacial score (nSPS) is 15.4. The molecule has 1 saturated carbocycles. The van der Waals surface area contributed by atoms with Crippen LogP contribution in [0.25, 0.3) is 22.2 Å². The van der Waals surface area contributed by atoms with Gasteiger partial charge in [-0.3, -0.25) is 9.52 Å². The second-order valence-corrected chi connectivity index (χ2v) is 9.68. The predicted molar refractivity (Wildman–Crippen MR) is 111 cm³/mol. The van der Waals surface area contributed by atoms with Gasteiger partial charge < -0.3 is 13.7 Å². The lowest BCUT2D eigenvalue weighted by Crippen LogP contribution is -2.18. The van der Waals surface area contributed by atoms with Crippen molar-refractivity contribution in [2.24, 2.45) is 7.05 Å². The number of hydrogen-bond acceptors (Lipinski definition) is 6. The van der Waals surface area contributed by atoms with Crippen LogP contribution in [0.5, 0.6) is 5.75 Å². The maximum absolute atomic E-state index is 12.2. The van der Waals surface area contributed by atoms with Crippen molar-refractivity contribution in [3.63, 3.8) is 0 Å². The Labute approximate surface area is 168 Å². The molecule has 9 heteroatoms. The summed E-state index contributed by atoms with van der Waals surface area (Å²) in [6, 6.07) is 4.99. The van der Waals surface area contributed by atoms with Crippen LogP contribution in [0.3, 0.4) is 0 Å². The Kier molecular flexibility index (Phi) is 4.45. The number of nitrogens with zero attached hydrogens (tertiary/aromatic N) is 2. The number of ether oxygens (including phenoxy) is 1. The van der Waals surface area contributed by atoms with E-state index in [1.54, 1.807) is 38.4 Å². The van der Waals surface area contributed by atoms with Gasteiger partial charge in [-0.15, -0.1) is 0 Å². The first-order valence-electron chi connectivity index (χ1n) is 9.36. The Hall–Kier alpha value is -2.81. The topological polar surface area (TPSA) is 103 Å². The molecule has 0 amide bonds. The molecular formula is C20H23N3O5S. The van der Waals surface area contributed by atoms with Crippen LogP contribution >= 0.6 is 0 Å². The minimum absolute atomic E-state index is 0.0455. The van der Waals surface area contributed by atoms with Crippen molar-refractivity contribution in [3.05, 3.63) is 40.6 Å². The van der Waals surface area contributed by atoms with Crippen molar-refractivity contribution in [2.75, 3.05) is 17.6 Å². The highest BCUT2D eigenvalue weighted by Gasteiger charge is 2.44. The Bertz CT molecular complexity index is 1270. The number of anilines is 1. The van der Waals surface area contributed by atoms with Crippen molar-refractivity contribution in [2.45, 2.75) is 32.1 Å². The standard InChI is InChI=1S/C20H23N3O5S/c1-5-29(25,26)22-13-9-14(12-8-16(27-4)18(24)23(3)11-12)17-15(10-13)21-19(28-17)20(2)6-7-20/h8-11,22H,5-7H2,1-4H3. The zero-order chi connectivity index (χ0) is 21.0. The number of aryl methyl sites for hydroxylation is 1. The molecule has 0 saturated heterocycles. The Morgan fingerprint density at radius 2 is 2.03 bits per heavy atom. The summed E-state index contributed by atoms with van der Waals surface area (Å²) in [4.78, 5) is 16.8. The number of hydrogen-bond donors (Lipinski definition) is 1. The first kappa shape index (κ1) is 19.5. The fourth-order valence-electron chi connectivity index (χ4n) is 3.19. The average molecular weight is 417 g/mol. The summed E-state index contributed by atoms with van der Waals surface area (Å²) in [6.07, 6.45) is 3.66. The van der Waals surface area contributed by atoms with Gasteiger partial charge >= 0.3 is 0 Å². The van der Waals surface area contributed by atoms with Crippen molar-refractivity contribution in [1.82, 2.24) is 9.55 Å². The van der Waals surface area contributed by atoms with E-state index in [1.807, 2.05) is 0 Å². The summed E-state index contributed by atoms with van der Waals surface area (Å²) in [7, 11) is -0.401. The molecule has 1 fully saturated rings. The third kappa shape index (κ3) is 3.50. The molecule has 2 aromatic heterocycles. The second-order valence-electron chi connectivity index (χ2n) is 7.67. The molecule has 29 heavy (non-hydrogen) atoms. The quantitative estimate of drug-likeness (QED) is 0.661. The number of nitrogens with one attached hydrogen (secondary N) is 1. The minimum Gasteiger partial charge on any atom is -0.491 e. The van der Waals surface area contributed by atoms with Gasteiger partial charge in [0.15, 0.2) is 11.3 Å². The number of sulfonamides is 1. The fourth-order valence-corrected chi connectivity index (χ4v) is 3.81. The predicted octanol–water partition coefficient (Wildman–Crippen LogP) is 3.02. The van der Waals surface area contributed by atoms with Gasteiger partial charge in [-0.2, -0.15) is 0 Å². The van der Waals surface area contributed by atoms with Gasteiger partial charge in [0.05, 0.1) is 18.6 Å². The minimum atomic E-state index is -3.47. The molecule has 1 aliphatic carbocycles. The molecule has 0 atom stereocenters. The summed E-state index contributed by atoms with van der Waals surface area (Å²) in [5.74, 6) is 0.781. The van der Waals surface area contributed by atoms with E-state index in [2.05, 4.69) is 16.6 Å². The largest absolute Gasteiger partial charge is 0.491 e. The van der Waals surface area contributed by atoms with Gasteiger partial charge in [0.1, 0.15) is 5.52 Å². The molecule has 0 aliphatic heterocycles. The lowest BCUT2D eigenvalue weighted by Gasteiger charge is -2.11. The molecule has 0 unspecified atom stereocenters. The zero-order valence-electron chi connectivity index (χ0n) is 16.8. The number of fused-ring (bicyclic) bond motifs is 1. The highest BCUT2D eigenvalue weighted by Crippen LogP contribution is 2.48. The highest BCUT2D eigenvalue weighted by molar-refractivity contribution is 7.92. The van der Waals surface area contributed by atoms with Crippen molar-refractivity contribution in [1.29, 1.82) is 0 Å². The van der Waals surface area contributed by atoms with E-state index in [4.69, 9.17) is 9.15 Å². The van der Waals surface area contributed by atoms with Gasteiger partial charge in [0.2, 0.25) is 15.9 Å². The Morgan fingerprint density at radius 1 is 1.31 bits per heavy atom. The van der Waals surface area contributed by atoms with E-state index in [0.29, 0.717) is 33.8 Å². The van der Waals surface area contributed by atoms with Gasteiger partial charge in [-0.25, -0.2) is 13.4 Å². The average Bonchev–Trinajstić information content (AvgIpc) is 3.27. The number of rotatable bonds is 6. The summed E-state index contributed by atoms with van der Waals surface area (Å²) < 4.78 is 39.5. The van der Waals surface area contributed by atoms with Gasteiger partial charge in [-0.05, 0) is 38.0 Å². The monoisotopic (exact) mass is 417 g/mol. The van der Waals surface area contributed by atoms with E-state index in [1.165, 1.54) is 11.7 Å². The SMILES string of the molecule is CCS(=O)(=O)Nc1cc(-c2cc(OC)c(=O)n(C)c2)c2oc(C3(C)CC3)nc2c1. The molecule has 3 aromatic rings. The number of aromatic nitrogens is 2. The summed E-state index contributed by atoms with van der Waals surface area (Å²) in [5, 5.41) is 0. The maximum atomic E-state index is 12.2. The van der Waals surface area contributed by atoms with E-state index < -0.39 is 10.0 Å². The molecule has 0 radical (unpaired) electrons. The first-order chi connectivity index (χ1) is 13.7. The van der Waals surface area contributed by atoms with Crippen molar-refractivity contribution >= 4 is 26.8 Å². The summed E-state index contributed by atoms with van der Waals surface area (Å²) in [5.41, 5.74) is 2.45. The molecule has 0 bridgehead atoms. The van der Waals surface area contributed by atoms with Crippen LogP contribution < -0.4 is 15.0 Å². The lowest BCUT2D eigenvalue weighted by molar-refractivity contribution is 0.405. The van der Waals surface area contributed by atoms with Crippen LogP contribution in [0.15, 0.2) is 33.6 Å². The maximum Gasteiger partial charge on any atom is 0.292 e. The van der Waals surface area contributed by atoms with Crippen LogP contribution in [0.1, 0.15) is 32.6 Å². The molecule has 0 spiro atoms. The smallest absolute Gasteiger partial charge is 0.292 e. The molecule has 1 aliphatic rings. The molecule has 1 aromatic carbocycles. The molecule has 2 heterocycles. The van der Waals surface area contributed by atoms with Crippen LogP contribution in [0.2, 0.25) is 0 Å². The van der Waals surface area contributed by atoms with Crippen molar-refractivity contribution in [3.8, 4) is 16.9 Å². The number of pyridine rings is 1. The number of benzene rings is 1. The van der Waals surface area contributed by atoms with Crippen LogP contribution in [0, 0.1) is 0 Å². The van der Waals surface area contributed by atoms with Crippen LogP contribution in [-0.4, -0.2) is 30.8 Å².